The molecule has 8 heteroatoms. The Morgan fingerprint density at radius 2 is 1.77 bits per heavy atom. The molecule has 0 bridgehead atoms. The van der Waals surface area contributed by atoms with Gasteiger partial charge in [0.15, 0.2) is 6.10 Å². The number of sulfonamides is 1. The van der Waals surface area contributed by atoms with Gasteiger partial charge in [0.25, 0.3) is 15.9 Å². The van der Waals surface area contributed by atoms with Gasteiger partial charge in [-0.1, -0.05) is 29.8 Å². The zero-order valence-corrected chi connectivity index (χ0v) is 18.1. The van der Waals surface area contributed by atoms with Gasteiger partial charge in [-0.3, -0.25) is 9.52 Å². The smallest absolute Gasteiger partial charge is 0.341 e. The van der Waals surface area contributed by atoms with Gasteiger partial charge in [0.05, 0.1) is 16.1 Å². The highest BCUT2D eigenvalue weighted by Crippen LogP contribution is 2.26. The first-order valence-corrected chi connectivity index (χ1v) is 11.4. The van der Waals surface area contributed by atoms with Crippen LogP contribution in [0, 0.1) is 20.8 Å². The Morgan fingerprint density at radius 3 is 2.47 bits per heavy atom. The lowest BCUT2D eigenvalue weighted by atomic mass is 10.1. The highest BCUT2D eigenvalue weighted by molar-refractivity contribution is 7.92. The molecule has 0 saturated carbocycles. The second-order valence-corrected chi connectivity index (χ2v) is 9.18. The Bertz CT molecular complexity index is 1060. The minimum atomic E-state index is -3.93. The van der Waals surface area contributed by atoms with Crippen LogP contribution in [0.15, 0.2) is 41.3 Å². The molecule has 30 heavy (non-hydrogen) atoms. The van der Waals surface area contributed by atoms with Crippen molar-refractivity contribution >= 4 is 27.6 Å². The maximum Gasteiger partial charge on any atom is 0.341 e. The molecule has 2 aromatic carbocycles. The van der Waals surface area contributed by atoms with Crippen molar-refractivity contribution in [1.29, 1.82) is 0 Å². The fourth-order valence-electron chi connectivity index (χ4n) is 3.75. The van der Waals surface area contributed by atoms with Crippen molar-refractivity contribution in [3.05, 3.63) is 58.7 Å². The number of anilines is 1. The molecule has 0 radical (unpaired) electrons. The van der Waals surface area contributed by atoms with E-state index in [2.05, 4.69) is 10.0 Å². The summed E-state index contributed by atoms with van der Waals surface area (Å²) in [6, 6.07) is 9.81. The van der Waals surface area contributed by atoms with E-state index in [0.29, 0.717) is 24.1 Å². The number of amides is 1. The van der Waals surface area contributed by atoms with Crippen molar-refractivity contribution in [3.8, 4) is 0 Å². The standard InChI is InChI=1S/C22H26N2O5S/c1-14-12-15(2)20(16(3)13-14)30(27,28)24-18-9-5-4-8-17(18)22(26)29-19-10-6-7-11-23-21(19)25/h4-5,8-9,12-13,19,24H,6-7,10-11H2,1-3H3,(H,23,25)/t19-/m0/s1. The minimum absolute atomic E-state index is 0.0561. The van der Waals surface area contributed by atoms with Crippen molar-refractivity contribution in [3.63, 3.8) is 0 Å². The highest BCUT2D eigenvalue weighted by atomic mass is 32.2. The molecular formula is C22H26N2O5S. The Hall–Kier alpha value is -2.87. The fourth-order valence-corrected chi connectivity index (χ4v) is 5.29. The normalized spacial score (nSPS) is 17.0. The molecule has 1 saturated heterocycles. The van der Waals surface area contributed by atoms with Crippen LogP contribution >= 0.6 is 0 Å². The lowest BCUT2D eigenvalue weighted by molar-refractivity contribution is -0.129. The van der Waals surface area contributed by atoms with E-state index in [1.54, 1.807) is 38.1 Å². The molecular weight excluding hydrogens is 404 g/mol. The third kappa shape index (κ3) is 4.81. The first kappa shape index (κ1) is 21.8. The third-order valence-corrected chi connectivity index (χ3v) is 6.67. The van der Waals surface area contributed by atoms with E-state index in [-0.39, 0.29) is 22.1 Å². The van der Waals surface area contributed by atoms with Gasteiger partial charge in [-0.15, -0.1) is 0 Å². The van der Waals surface area contributed by atoms with Crippen LogP contribution in [0.25, 0.3) is 0 Å². The first-order chi connectivity index (χ1) is 14.2. The molecule has 2 N–H and O–H groups in total. The van der Waals surface area contributed by atoms with Crippen LogP contribution in [0.5, 0.6) is 0 Å². The van der Waals surface area contributed by atoms with Crippen LogP contribution in [-0.4, -0.2) is 32.9 Å². The molecule has 0 spiro atoms. The van der Waals surface area contributed by atoms with E-state index in [1.165, 1.54) is 12.1 Å². The van der Waals surface area contributed by atoms with Crippen LogP contribution in [0.4, 0.5) is 5.69 Å². The molecule has 1 atom stereocenters. The molecule has 7 nitrogen and oxygen atoms in total. The predicted molar refractivity (Wildman–Crippen MR) is 114 cm³/mol. The fraction of sp³-hybridized carbons (Fsp3) is 0.364. The van der Waals surface area contributed by atoms with Crippen molar-refractivity contribution < 1.29 is 22.7 Å². The first-order valence-electron chi connectivity index (χ1n) is 9.87. The number of para-hydroxylation sites is 1. The molecule has 2 aromatic rings. The summed E-state index contributed by atoms with van der Waals surface area (Å²) in [6.45, 7) is 5.93. The molecule has 0 unspecified atom stereocenters. The van der Waals surface area contributed by atoms with Gasteiger partial charge in [0.1, 0.15) is 0 Å². The molecule has 1 aliphatic heterocycles. The summed E-state index contributed by atoms with van der Waals surface area (Å²) in [7, 11) is -3.93. The van der Waals surface area contributed by atoms with Crippen molar-refractivity contribution in [1.82, 2.24) is 5.32 Å². The second-order valence-electron chi connectivity index (χ2n) is 7.56. The lowest BCUT2D eigenvalue weighted by Crippen LogP contribution is -2.36. The number of nitrogens with one attached hydrogen (secondary N) is 2. The summed E-state index contributed by atoms with van der Waals surface area (Å²) in [5.74, 6) is -1.07. The van der Waals surface area contributed by atoms with E-state index in [9.17, 15) is 18.0 Å². The number of carbonyl (C=O) groups is 2. The summed E-state index contributed by atoms with van der Waals surface area (Å²) >= 11 is 0. The minimum Gasteiger partial charge on any atom is -0.449 e. The maximum absolute atomic E-state index is 13.1. The number of hydrogen-bond acceptors (Lipinski definition) is 5. The van der Waals surface area contributed by atoms with Crippen molar-refractivity contribution in [2.75, 3.05) is 11.3 Å². The number of hydrogen-bond donors (Lipinski definition) is 2. The monoisotopic (exact) mass is 430 g/mol. The number of esters is 1. The van der Waals surface area contributed by atoms with Gasteiger partial charge in [0.2, 0.25) is 0 Å². The Balaban J connectivity index is 1.88. The Morgan fingerprint density at radius 1 is 1.10 bits per heavy atom. The number of aryl methyl sites for hydroxylation is 3. The molecule has 0 aromatic heterocycles. The van der Waals surface area contributed by atoms with E-state index < -0.39 is 22.1 Å². The SMILES string of the molecule is Cc1cc(C)c(S(=O)(=O)Nc2ccccc2C(=O)O[C@H]2CCCCNC2=O)c(C)c1. The summed E-state index contributed by atoms with van der Waals surface area (Å²) < 4.78 is 34.1. The molecule has 1 heterocycles. The maximum atomic E-state index is 13.1. The molecule has 3 rings (SSSR count). The average Bonchev–Trinajstić information content (AvgIpc) is 2.85. The van der Waals surface area contributed by atoms with Gasteiger partial charge in [-0.05, 0) is 63.3 Å². The summed E-state index contributed by atoms with van der Waals surface area (Å²) in [4.78, 5) is 25.0. The van der Waals surface area contributed by atoms with Crippen LogP contribution in [0.3, 0.4) is 0 Å². The Labute approximate surface area is 176 Å². The van der Waals surface area contributed by atoms with Gasteiger partial charge in [0, 0.05) is 6.54 Å². The van der Waals surface area contributed by atoms with E-state index in [4.69, 9.17) is 4.74 Å². The molecule has 0 aliphatic carbocycles. The largest absolute Gasteiger partial charge is 0.449 e. The van der Waals surface area contributed by atoms with Crippen LogP contribution in [0.2, 0.25) is 0 Å². The van der Waals surface area contributed by atoms with Gasteiger partial charge < -0.3 is 10.1 Å². The van der Waals surface area contributed by atoms with Gasteiger partial charge in [-0.2, -0.15) is 0 Å². The van der Waals surface area contributed by atoms with Crippen LogP contribution in [-0.2, 0) is 19.6 Å². The van der Waals surface area contributed by atoms with E-state index >= 15 is 0 Å². The summed E-state index contributed by atoms with van der Waals surface area (Å²) in [5, 5.41) is 2.72. The zero-order chi connectivity index (χ0) is 21.9. The Kier molecular flexibility index (Phi) is 6.45. The third-order valence-electron chi connectivity index (χ3n) is 5.00. The number of ether oxygens (including phenoxy) is 1. The molecule has 1 aliphatic rings. The summed E-state index contributed by atoms with van der Waals surface area (Å²) in [5.41, 5.74) is 2.37. The zero-order valence-electron chi connectivity index (χ0n) is 17.3. The van der Waals surface area contributed by atoms with Crippen molar-refractivity contribution in [2.24, 2.45) is 0 Å². The molecule has 1 amide bonds. The van der Waals surface area contributed by atoms with Gasteiger partial charge >= 0.3 is 5.97 Å². The van der Waals surface area contributed by atoms with Crippen LogP contribution < -0.4 is 10.0 Å². The second kappa shape index (κ2) is 8.87. The highest BCUT2D eigenvalue weighted by Gasteiger charge is 2.27. The predicted octanol–water partition coefficient (Wildman–Crippen LogP) is 3.24. The number of carbonyl (C=O) groups excluding carboxylic acids is 2. The quantitative estimate of drug-likeness (QED) is 0.709. The topological polar surface area (TPSA) is 102 Å². The number of benzene rings is 2. The van der Waals surface area contributed by atoms with Crippen molar-refractivity contribution in [2.45, 2.75) is 51.0 Å². The van der Waals surface area contributed by atoms with E-state index in [0.717, 1.165) is 18.4 Å². The lowest BCUT2D eigenvalue weighted by Gasteiger charge is -2.18. The van der Waals surface area contributed by atoms with E-state index in [1.807, 2.05) is 6.92 Å². The van der Waals surface area contributed by atoms with Gasteiger partial charge in [-0.25, -0.2) is 13.2 Å². The molecule has 160 valence electrons. The molecule has 1 fully saturated rings. The average molecular weight is 431 g/mol. The summed E-state index contributed by atoms with van der Waals surface area (Å²) in [6.07, 6.45) is 1.14. The number of rotatable bonds is 5. The van der Waals surface area contributed by atoms with Crippen LogP contribution in [0.1, 0.15) is 46.3 Å².